The monoisotopic (exact) mass is 193 g/mol. The highest BCUT2D eigenvalue weighted by Crippen LogP contribution is 2.21. The van der Waals surface area contributed by atoms with Crippen LogP contribution in [0.5, 0.6) is 0 Å². The summed E-state index contributed by atoms with van der Waals surface area (Å²) < 4.78 is 1.86. The van der Waals surface area contributed by atoms with Gasteiger partial charge in [-0.3, -0.25) is 14.4 Å². The Morgan fingerprint density at radius 1 is 1.64 bits per heavy atom. The number of rotatable bonds is 3. The van der Waals surface area contributed by atoms with Gasteiger partial charge < -0.3 is 0 Å². The Labute approximate surface area is 83.5 Å². The van der Waals surface area contributed by atoms with Crippen molar-refractivity contribution in [3.8, 4) is 0 Å². The molecule has 4 nitrogen and oxygen atoms in total. The van der Waals surface area contributed by atoms with Gasteiger partial charge in [-0.2, -0.15) is 5.10 Å². The number of nitrogens with zero attached hydrogens (tertiary/aromatic N) is 3. The lowest BCUT2D eigenvalue weighted by atomic mass is 10.1. The van der Waals surface area contributed by atoms with Crippen LogP contribution < -0.4 is 0 Å². The minimum atomic E-state index is 0.0949. The third-order valence-electron chi connectivity index (χ3n) is 2.76. The first-order valence-corrected chi connectivity index (χ1v) is 4.99. The van der Waals surface area contributed by atoms with Crippen molar-refractivity contribution in [2.24, 2.45) is 0 Å². The lowest BCUT2D eigenvalue weighted by molar-refractivity contribution is 0.0914. The van der Waals surface area contributed by atoms with E-state index in [-0.39, 0.29) is 5.78 Å². The fraction of sp³-hybridized carbons (Fsp3) is 0.600. The first kappa shape index (κ1) is 9.40. The number of carbonyl (C=O) groups is 1. The molecule has 2 rings (SSSR count). The van der Waals surface area contributed by atoms with Crippen LogP contribution in [0.1, 0.15) is 30.4 Å². The van der Waals surface area contributed by atoms with Crippen LogP contribution in [0.4, 0.5) is 0 Å². The van der Waals surface area contributed by atoms with Crippen LogP contribution in [0.15, 0.2) is 12.3 Å². The van der Waals surface area contributed by atoms with Crippen molar-refractivity contribution in [2.75, 3.05) is 19.6 Å². The number of carbonyl (C=O) groups excluding carboxylic acids is 1. The molecule has 1 aromatic heterocycles. The zero-order valence-corrected chi connectivity index (χ0v) is 8.60. The molecule has 1 aliphatic rings. The number of likely N-dealkylation sites (N-methyl/N-ethyl adjacent to an activating group) is 1. The van der Waals surface area contributed by atoms with Gasteiger partial charge >= 0.3 is 0 Å². The molecule has 1 aliphatic heterocycles. The Morgan fingerprint density at radius 3 is 2.93 bits per heavy atom. The van der Waals surface area contributed by atoms with Crippen LogP contribution in [-0.4, -0.2) is 40.1 Å². The maximum Gasteiger partial charge on any atom is 0.177 e. The van der Waals surface area contributed by atoms with E-state index in [1.54, 1.807) is 19.2 Å². The van der Waals surface area contributed by atoms with Crippen LogP contribution in [-0.2, 0) is 0 Å². The zero-order chi connectivity index (χ0) is 10.1. The summed E-state index contributed by atoms with van der Waals surface area (Å²) in [6.45, 7) is 6.83. The van der Waals surface area contributed by atoms with E-state index in [1.165, 1.54) is 0 Å². The summed E-state index contributed by atoms with van der Waals surface area (Å²) in [5.74, 6) is 0.0949. The normalized spacial score (nSPS) is 18.1. The summed E-state index contributed by atoms with van der Waals surface area (Å²) in [6, 6.07) is 2.18. The highest BCUT2D eigenvalue weighted by molar-refractivity contribution is 5.92. The molecule has 4 heteroatoms. The third-order valence-corrected chi connectivity index (χ3v) is 2.76. The maximum absolute atomic E-state index is 11.2. The molecule has 1 fully saturated rings. The summed E-state index contributed by atoms with van der Waals surface area (Å²) in [4.78, 5) is 13.6. The number of Topliss-reactive ketones (excluding diaryl/α,β-unsaturated/α-hetero) is 1. The predicted molar refractivity (Wildman–Crippen MR) is 53.4 cm³/mol. The highest BCUT2D eigenvalue weighted by Gasteiger charge is 2.29. The minimum absolute atomic E-state index is 0.0949. The van der Waals surface area contributed by atoms with Crippen LogP contribution in [0.25, 0.3) is 0 Å². The number of likely N-dealkylation sites (tertiary alicyclic amines) is 1. The van der Waals surface area contributed by atoms with Crippen molar-refractivity contribution in [3.63, 3.8) is 0 Å². The number of hydrogen-bond donors (Lipinski definition) is 0. The molecule has 2 heterocycles. The highest BCUT2D eigenvalue weighted by atomic mass is 16.1. The fourth-order valence-corrected chi connectivity index (χ4v) is 1.84. The molecule has 0 unspecified atom stereocenters. The van der Waals surface area contributed by atoms with Crippen molar-refractivity contribution < 1.29 is 4.79 Å². The number of hydrogen-bond acceptors (Lipinski definition) is 3. The second-order valence-electron chi connectivity index (χ2n) is 3.72. The van der Waals surface area contributed by atoms with E-state index in [0.717, 1.165) is 25.3 Å². The first-order valence-electron chi connectivity index (χ1n) is 4.99. The molecule has 0 saturated carbocycles. The molecule has 1 aromatic rings. The molecule has 0 spiro atoms. The molecule has 14 heavy (non-hydrogen) atoms. The summed E-state index contributed by atoms with van der Waals surface area (Å²) in [5, 5.41) is 4.20. The quantitative estimate of drug-likeness (QED) is 0.671. The maximum atomic E-state index is 11.2. The van der Waals surface area contributed by atoms with E-state index in [1.807, 2.05) is 4.68 Å². The van der Waals surface area contributed by atoms with Gasteiger partial charge in [-0.1, -0.05) is 6.92 Å². The third kappa shape index (κ3) is 1.46. The van der Waals surface area contributed by atoms with Gasteiger partial charge in [-0.05, 0) is 12.6 Å². The standard InChI is InChI=1S/C10H15N3O/c1-3-12-6-9(7-12)13-10(8(2)14)4-5-11-13/h4-5,9H,3,6-7H2,1-2H3. The number of aromatic nitrogens is 2. The van der Waals surface area contributed by atoms with E-state index in [9.17, 15) is 4.79 Å². The Balaban J connectivity index is 2.10. The summed E-state index contributed by atoms with van der Waals surface area (Å²) in [7, 11) is 0. The van der Waals surface area contributed by atoms with Crippen molar-refractivity contribution in [3.05, 3.63) is 18.0 Å². The van der Waals surface area contributed by atoms with Gasteiger partial charge in [-0.15, -0.1) is 0 Å². The van der Waals surface area contributed by atoms with Gasteiger partial charge in [0.2, 0.25) is 0 Å². The lowest BCUT2D eigenvalue weighted by Gasteiger charge is -2.38. The van der Waals surface area contributed by atoms with Crippen molar-refractivity contribution in [1.29, 1.82) is 0 Å². The van der Waals surface area contributed by atoms with Crippen molar-refractivity contribution >= 4 is 5.78 Å². The molecule has 0 amide bonds. The molecule has 0 aliphatic carbocycles. The van der Waals surface area contributed by atoms with E-state index >= 15 is 0 Å². The Hall–Kier alpha value is -1.16. The topological polar surface area (TPSA) is 38.1 Å². The molecule has 0 radical (unpaired) electrons. The van der Waals surface area contributed by atoms with Gasteiger partial charge in [0.25, 0.3) is 0 Å². The molecule has 0 aromatic carbocycles. The minimum Gasteiger partial charge on any atom is -0.299 e. The Bertz CT molecular complexity index is 339. The molecule has 0 N–H and O–H groups in total. The zero-order valence-electron chi connectivity index (χ0n) is 8.60. The van der Waals surface area contributed by atoms with E-state index in [2.05, 4.69) is 16.9 Å². The van der Waals surface area contributed by atoms with E-state index in [4.69, 9.17) is 0 Å². The van der Waals surface area contributed by atoms with Gasteiger partial charge in [0, 0.05) is 26.2 Å². The van der Waals surface area contributed by atoms with Crippen molar-refractivity contribution in [1.82, 2.24) is 14.7 Å². The summed E-state index contributed by atoms with van der Waals surface area (Å²) >= 11 is 0. The molecular formula is C10H15N3O. The summed E-state index contributed by atoms with van der Waals surface area (Å²) in [5.41, 5.74) is 0.728. The van der Waals surface area contributed by atoms with Crippen molar-refractivity contribution in [2.45, 2.75) is 19.9 Å². The number of ketones is 1. The van der Waals surface area contributed by atoms with Gasteiger partial charge in [0.15, 0.2) is 5.78 Å². The van der Waals surface area contributed by atoms with Gasteiger partial charge in [0.1, 0.15) is 5.69 Å². The lowest BCUT2D eigenvalue weighted by Crippen LogP contribution is -2.48. The second kappa shape index (κ2) is 3.53. The fourth-order valence-electron chi connectivity index (χ4n) is 1.84. The smallest absolute Gasteiger partial charge is 0.177 e. The molecule has 0 bridgehead atoms. The average molecular weight is 193 g/mol. The van der Waals surface area contributed by atoms with Gasteiger partial charge in [-0.25, -0.2) is 0 Å². The largest absolute Gasteiger partial charge is 0.299 e. The van der Waals surface area contributed by atoms with Crippen LogP contribution in [0, 0.1) is 0 Å². The van der Waals surface area contributed by atoms with E-state index < -0.39 is 0 Å². The van der Waals surface area contributed by atoms with Crippen LogP contribution in [0.2, 0.25) is 0 Å². The van der Waals surface area contributed by atoms with Gasteiger partial charge in [0.05, 0.1) is 6.04 Å². The van der Waals surface area contributed by atoms with Crippen LogP contribution in [0.3, 0.4) is 0 Å². The summed E-state index contributed by atoms with van der Waals surface area (Å²) in [6.07, 6.45) is 1.70. The molecule has 0 atom stereocenters. The Morgan fingerprint density at radius 2 is 2.36 bits per heavy atom. The molecular weight excluding hydrogens is 178 g/mol. The SMILES string of the molecule is CCN1CC(n2nccc2C(C)=O)C1. The first-order chi connectivity index (χ1) is 6.72. The average Bonchev–Trinajstić information content (AvgIpc) is 2.50. The molecule has 1 saturated heterocycles. The predicted octanol–water partition coefficient (Wildman–Crippen LogP) is 0.962. The van der Waals surface area contributed by atoms with Crippen LogP contribution >= 0.6 is 0 Å². The van der Waals surface area contributed by atoms with E-state index in [0.29, 0.717) is 6.04 Å². The Kier molecular flexibility index (Phi) is 2.37. The second-order valence-corrected chi connectivity index (χ2v) is 3.72. The molecule has 76 valence electrons.